The number of benzene rings is 10. The van der Waals surface area contributed by atoms with Crippen LogP contribution in [-0.2, 0) is 0 Å². The zero-order valence-corrected chi connectivity index (χ0v) is 34.1. The number of fused-ring (bicyclic) bond motifs is 9. The van der Waals surface area contributed by atoms with Gasteiger partial charge in [0.2, 0.25) is 0 Å². The number of para-hydroxylation sites is 1. The van der Waals surface area contributed by atoms with E-state index in [1.165, 1.54) is 63.4 Å². The highest BCUT2D eigenvalue weighted by atomic mass is 32.1. The molecule has 0 aliphatic rings. The standard InChI is InChI=1S/C57H34N4S/c1-2-14-36(15-3-1)55-58-56(42-26-25-35-13-4-5-16-37(35)29-42)60-57(59-55)43-27-28-50(61-49-23-11-10-21-44(49)46-30-38-17-6-8-19-40(38)33-51(46)61)47(32-43)45-22-12-24-52-54(45)48-31-39-18-7-9-20-41(39)34-53(48)62-52/h1-34H. The fourth-order valence-corrected chi connectivity index (χ4v) is 10.6. The molecule has 0 unspecified atom stereocenters. The first-order chi connectivity index (χ1) is 30.7. The molecular formula is C57H34N4S. The molecule has 0 saturated carbocycles. The Balaban J connectivity index is 1.12. The maximum absolute atomic E-state index is 5.28. The molecule has 0 bridgehead atoms. The van der Waals surface area contributed by atoms with E-state index in [0.29, 0.717) is 17.5 Å². The average Bonchev–Trinajstić information content (AvgIpc) is 3.86. The predicted octanol–water partition coefficient (Wildman–Crippen LogP) is 15.5. The summed E-state index contributed by atoms with van der Waals surface area (Å²) in [6, 6.07) is 74.1. The molecule has 13 aromatic rings. The molecule has 13 rings (SSSR count). The Hall–Kier alpha value is -7.99. The van der Waals surface area contributed by atoms with Crippen molar-refractivity contribution in [3.8, 4) is 51.0 Å². The first-order valence-corrected chi connectivity index (χ1v) is 21.7. The van der Waals surface area contributed by atoms with Crippen LogP contribution in [0.15, 0.2) is 206 Å². The summed E-state index contributed by atoms with van der Waals surface area (Å²) in [6.45, 7) is 0. The second-order valence-corrected chi connectivity index (χ2v) is 17.1. The lowest BCUT2D eigenvalue weighted by Gasteiger charge is -2.17. The molecule has 3 heterocycles. The van der Waals surface area contributed by atoms with Crippen LogP contribution < -0.4 is 0 Å². The fraction of sp³-hybridized carbons (Fsp3) is 0. The fourth-order valence-electron chi connectivity index (χ4n) is 9.42. The van der Waals surface area contributed by atoms with Gasteiger partial charge < -0.3 is 4.57 Å². The highest BCUT2D eigenvalue weighted by molar-refractivity contribution is 7.26. The number of hydrogen-bond donors (Lipinski definition) is 0. The van der Waals surface area contributed by atoms with Crippen molar-refractivity contribution in [3.05, 3.63) is 206 Å². The van der Waals surface area contributed by atoms with Gasteiger partial charge in [-0.1, -0.05) is 146 Å². The topological polar surface area (TPSA) is 43.6 Å². The van der Waals surface area contributed by atoms with Crippen molar-refractivity contribution in [3.63, 3.8) is 0 Å². The van der Waals surface area contributed by atoms with E-state index >= 15 is 0 Å². The number of rotatable bonds is 5. The Labute approximate surface area is 360 Å². The smallest absolute Gasteiger partial charge is 0.164 e. The van der Waals surface area contributed by atoms with Gasteiger partial charge in [-0.2, -0.15) is 0 Å². The summed E-state index contributed by atoms with van der Waals surface area (Å²) in [5.41, 5.74) is 8.48. The van der Waals surface area contributed by atoms with E-state index in [0.717, 1.165) is 44.4 Å². The summed E-state index contributed by atoms with van der Waals surface area (Å²) in [4.78, 5) is 15.6. The Morgan fingerprint density at radius 3 is 1.66 bits per heavy atom. The van der Waals surface area contributed by atoms with Gasteiger partial charge in [-0.25, -0.2) is 15.0 Å². The van der Waals surface area contributed by atoms with Gasteiger partial charge in [-0.3, -0.25) is 0 Å². The molecule has 0 radical (unpaired) electrons. The number of thiophene rings is 1. The first kappa shape index (κ1) is 34.8. The third-order valence-electron chi connectivity index (χ3n) is 12.4. The molecule has 288 valence electrons. The SMILES string of the molecule is c1ccc(-c2nc(-c3ccc(-n4c5ccccc5c5cc6ccccc6cc54)c(-c4cccc5sc6cc7ccccc7cc6c45)c3)nc(-c3ccc4ccccc4c3)n2)cc1. The van der Waals surface area contributed by atoms with Crippen molar-refractivity contribution in [2.24, 2.45) is 0 Å². The average molecular weight is 807 g/mol. The van der Waals surface area contributed by atoms with Gasteiger partial charge in [-0.05, 0) is 98.5 Å². The first-order valence-electron chi connectivity index (χ1n) is 20.9. The van der Waals surface area contributed by atoms with E-state index in [9.17, 15) is 0 Å². The minimum absolute atomic E-state index is 0.622. The second kappa shape index (κ2) is 13.8. The van der Waals surface area contributed by atoms with E-state index in [-0.39, 0.29) is 0 Å². The molecule has 0 fully saturated rings. The van der Waals surface area contributed by atoms with Crippen LogP contribution in [0.5, 0.6) is 0 Å². The van der Waals surface area contributed by atoms with Crippen LogP contribution in [0.25, 0.3) is 125 Å². The zero-order chi connectivity index (χ0) is 40.7. The second-order valence-electron chi connectivity index (χ2n) is 16.0. The molecule has 0 aliphatic heterocycles. The number of aromatic nitrogens is 4. The lowest BCUT2D eigenvalue weighted by Crippen LogP contribution is -2.02. The minimum atomic E-state index is 0.622. The van der Waals surface area contributed by atoms with Gasteiger partial charge in [-0.15, -0.1) is 11.3 Å². The minimum Gasteiger partial charge on any atom is -0.309 e. The predicted molar refractivity (Wildman–Crippen MR) is 261 cm³/mol. The van der Waals surface area contributed by atoms with Gasteiger partial charge in [0.25, 0.3) is 0 Å². The van der Waals surface area contributed by atoms with Gasteiger partial charge in [0.05, 0.1) is 16.7 Å². The lowest BCUT2D eigenvalue weighted by atomic mass is 9.95. The van der Waals surface area contributed by atoms with E-state index in [1.54, 1.807) is 0 Å². The summed E-state index contributed by atoms with van der Waals surface area (Å²) in [6.07, 6.45) is 0. The van der Waals surface area contributed by atoms with Crippen LogP contribution in [0.3, 0.4) is 0 Å². The van der Waals surface area contributed by atoms with E-state index in [1.807, 2.05) is 29.5 Å². The van der Waals surface area contributed by atoms with Crippen LogP contribution in [-0.4, -0.2) is 19.5 Å². The Morgan fingerprint density at radius 1 is 0.323 bits per heavy atom. The lowest BCUT2D eigenvalue weighted by molar-refractivity contribution is 1.07. The quantitative estimate of drug-likeness (QED) is 0.174. The molecule has 4 nitrogen and oxygen atoms in total. The highest BCUT2D eigenvalue weighted by Gasteiger charge is 2.22. The molecule has 0 saturated heterocycles. The molecule has 10 aromatic carbocycles. The normalized spacial score (nSPS) is 11.9. The van der Waals surface area contributed by atoms with Crippen LogP contribution >= 0.6 is 11.3 Å². The third kappa shape index (κ3) is 5.56. The van der Waals surface area contributed by atoms with E-state index in [4.69, 9.17) is 15.0 Å². The van der Waals surface area contributed by atoms with Crippen molar-refractivity contribution < 1.29 is 0 Å². The Bertz CT molecular complexity index is 3940. The van der Waals surface area contributed by atoms with E-state index < -0.39 is 0 Å². The van der Waals surface area contributed by atoms with Gasteiger partial charge in [0.1, 0.15) is 0 Å². The monoisotopic (exact) mass is 806 g/mol. The van der Waals surface area contributed by atoms with Crippen molar-refractivity contribution in [1.82, 2.24) is 19.5 Å². The molecule has 0 N–H and O–H groups in total. The molecule has 0 atom stereocenters. The van der Waals surface area contributed by atoms with Crippen LogP contribution in [0, 0.1) is 0 Å². The Kier molecular flexibility index (Phi) is 7.74. The maximum atomic E-state index is 5.28. The third-order valence-corrected chi connectivity index (χ3v) is 13.5. The van der Waals surface area contributed by atoms with E-state index in [2.05, 4.69) is 193 Å². The van der Waals surface area contributed by atoms with Crippen molar-refractivity contribution in [1.29, 1.82) is 0 Å². The molecule has 5 heteroatoms. The van der Waals surface area contributed by atoms with Crippen LogP contribution in [0.4, 0.5) is 0 Å². The molecular weight excluding hydrogens is 773 g/mol. The maximum Gasteiger partial charge on any atom is 0.164 e. The summed E-state index contributed by atoms with van der Waals surface area (Å²) < 4.78 is 4.99. The van der Waals surface area contributed by atoms with Gasteiger partial charge >= 0.3 is 0 Å². The summed E-state index contributed by atoms with van der Waals surface area (Å²) in [5.74, 6) is 1.89. The summed E-state index contributed by atoms with van der Waals surface area (Å²) in [5, 5.41) is 12.2. The largest absolute Gasteiger partial charge is 0.309 e. The van der Waals surface area contributed by atoms with Crippen LogP contribution in [0.2, 0.25) is 0 Å². The van der Waals surface area contributed by atoms with Crippen LogP contribution in [0.1, 0.15) is 0 Å². The Morgan fingerprint density at radius 2 is 0.903 bits per heavy atom. The molecule has 3 aromatic heterocycles. The zero-order valence-electron chi connectivity index (χ0n) is 33.3. The summed E-state index contributed by atoms with van der Waals surface area (Å²) in [7, 11) is 0. The number of nitrogens with zero attached hydrogens (tertiary/aromatic N) is 4. The molecule has 0 aliphatic carbocycles. The van der Waals surface area contributed by atoms with Gasteiger partial charge in [0, 0.05) is 53.2 Å². The summed E-state index contributed by atoms with van der Waals surface area (Å²) >= 11 is 1.86. The highest BCUT2D eigenvalue weighted by Crippen LogP contribution is 2.45. The molecule has 0 amide bonds. The number of hydrogen-bond acceptors (Lipinski definition) is 4. The molecule has 62 heavy (non-hydrogen) atoms. The molecule has 0 spiro atoms. The van der Waals surface area contributed by atoms with Crippen molar-refractivity contribution in [2.75, 3.05) is 0 Å². The van der Waals surface area contributed by atoms with Crippen molar-refractivity contribution in [2.45, 2.75) is 0 Å². The van der Waals surface area contributed by atoms with Gasteiger partial charge in [0.15, 0.2) is 17.5 Å². The van der Waals surface area contributed by atoms with Crippen molar-refractivity contribution >= 4 is 85.6 Å².